The Balaban J connectivity index is 2.56. The summed E-state index contributed by atoms with van der Waals surface area (Å²) in [7, 11) is 2.01. The molecule has 0 bridgehead atoms. The van der Waals surface area contributed by atoms with Crippen molar-refractivity contribution in [3.05, 3.63) is 12.7 Å². The zero-order valence-corrected chi connectivity index (χ0v) is 6.73. The third-order valence-corrected chi connectivity index (χ3v) is 2.47. The first-order valence-corrected chi connectivity index (χ1v) is 4.88. The second-order valence-corrected chi connectivity index (χ2v) is 4.01. The average molecular weight is 212 g/mol. The Morgan fingerprint density at radius 2 is 2.57 bits per heavy atom. The van der Waals surface area contributed by atoms with Crippen molar-refractivity contribution in [1.82, 2.24) is 3.53 Å². The van der Waals surface area contributed by atoms with Gasteiger partial charge >= 0.3 is 55.6 Å². The van der Waals surface area contributed by atoms with Crippen LogP contribution >= 0.6 is 0 Å². The standard InChI is InChI=1S/C5H11IN/c1-3-4-5-6-7-2/h3,7H,1,4-5H2,2H3/q-1. The first-order chi connectivity index (χ1) is 3.41. The molecule has 0 radical (unpaired) electrons. The van der Waals surface area contributed by atoms with Gasteiger partial charge in [0.2, 0.25) is 0 Å². The number of alkyl halides is 1. The monoisotopic (exact) mass is 212 g/mol. The van der Waals surface area contributed by atoms with Gasteiger partial charge in [-0.2, -0.15) is 0 Å². The van der Waals surface area contributed by atoms with Crippen molar-refractivity contribution < 1.29 is 21.5 Å². The van der Waals surface area contributed by atoms with Crippen molar-refractivity contribution in [2.45, 2.75) is 6.42 Å². The summed E-state index contributed by atoms with van der Waals surface area (Å²) in [4.78, 5) is 0. The number of hydrogen-bond donors (Lipinski definition) is 1. The van der Waals surface area contributed by atoms with Crippen molar-refractivity contribution in [3.63, 3.8) is 0 Å². The SMILES string of the molecule is C=CCC[I-]NC. The fraction of sp³-hybridized carbons (Fsp3) is 0.600. The Hall–Kier alpha value is 0.430. The van der Waals surface area contributed by atoms with Crippen molar-refractivity contribution in [2.24, 2.45) is 0 Å². The Morgan fingerprint density at radius 3 is 3.00 bits per heavy atom. The summed E-state index contributed by atoms with van der Waals surface area (Å²) in [6.45, 7) is 3.62. The van der Waals surface area contributed by atoms with E-state index in [1.54, 1.807) is 0 Å². The molecule has 0 aliphatic heterocycles. The van der Waals surface area contributed by atoms with Gasteiger partial charge in [-0.05, 0) is 0 Å². The van der Waals surface area contributed by atoms with Gasteiger partial charge in [0.25, 0.3) is 0 Å². The van der Waals surface area contributed by atoms with E-state index >= 15 is 0 Å². The molecule has 0 aliphatic carbocycles. The molecular formula is C5H11IN-. The minimum atomic E-state index is 0.300. The number of nitrogens with one attached hydrogen (secondary N) is 1. The van der Waals surface area contributed by atoms with Gasteiger partial charge in [-0.1, -0.05) is 0 Å². The van der Waals surface area contributed by atoms with Gasteiger partial charge in [0.1, 0.15) is 0 Å². The molecule has 0 rings (SSSR count). The third kappa shape index (κ3) is 6.43. The van der Waals surface area contributed by atoms with E-state index in [-0.39, 0.29) is 0 Å². The van der Waals surface area contributed by atoms with Crippen LogP contribution in [-0.4, -0.2) is 11.5 Å². The molecule has 0 saturated carbocycles. The van der Waals surface area contributed by atoms with Crippen molar-refractivity contribution in [3.8, 4) is 0 Å². The zero-order chi connectivity index (χ0) is 5.54. The van der Waals surface area contributed by atoms with Gasteiger partial charge in [0.15, 0.2) is 0 Å². The second-order valence-electron chi connectivity index (χ2n) is 1.09. The molecule has 0 unspecified atom stereocenters. The molecule has 0 aliphatic rings. The van der Waals surface area contributed by atoms with E-state index < -0.39 is 0 Å². The van der Waals surface area contributed by atoms with Gasteiger partial charge in [-0.25, -0.2) is 0 Å². The normalized spacial score (nSPS) is 9.29. The van der Waals surface area contributed by atoms with Crippen LogP contribution in [0.5, 0.6) is 0 Å². The summed E-state index contributed by atoms with van der Waals surface area (Å²) in [5.74, 6) is 0. The van der Waals surface area contributed by atoms with Crippen molar-refractivity contribution >= 4 is 0 Å². The van der Waals surface area contributed by atoms with Crippen LogP contribution in [0.2, 0.25) is 0 Å². The van der Waals surface area contributed by atoms with Crippen LogP contribution in [0.3, 0.4) is 0 Å². The van der Waals surface area contributed by atoms with Crippen LogP contribution < -0.4 is 25.0 Å². The number of rotatable bonds is 4. The second kappa shape index (κ2) is 6.43. The van der Waals surface area contributed by atoms with E-state index in [9.17, 15) is 0 Å². The first-order valence-electron chi connectivity index (χ1n) is 2.27. The Bertz CT molecular complexity index is 45.3. The average Bonchev–Trinajstić information content (AvgIpc) is 1.69. The molecule has 0 saturated heterocycles. The van der Waals surface area contributed by atoms with Crippen LogP contribution in [0, 0.1) is 0 Å². The summed E-state index contributed by atoms with van der Waals surface area (Å²) in [5, 5.41) is 0. The Kier molecular flexibility index (Phi) is 6.82. The van der Waals surface area contributed by atoms with Gasteiger partial charge in [-0.3, -0.25) is 0 Å². The zero-order valence-electron chi connectivity index (χ0n) is 4.58. The van der Waals surface area contributed by atoms with Crippen LogP contribution in [0.15, 0.2) is 12.7 Å². The fourth-order valence-corrected chi connectivity index (χ4v) is 1.52. The number of hydrogen-bond acceptors (Lipinski definition) is 1. The molecule has 1 N–H and O–H groups in total. The molecule has 0 atom stereocenters. The van der Waals surface area contributed by atoms with Crippen molar-refractivity contribution in [1.29, 1.82) is 0 Å². The molecule has 2 heteroatoms. The van der Waals surface area contributed by atoms with Crippen LogP contribution in [0.25, 0.3) is 0 Å². The van der Waals surface area contributed by atoms with Gasteiger partial charge in [-0.15, -0.1) is 0 Å². The fourth-order valence-electron chi connectivity index (χ4n) is 0.226. The number of allylic oxidation sites excluding steroid dienone is 1. The summed E-state index contributed by atoms with van der Waals surface area (Å²) in [6, 6.07) is 0. The van der Waals surface area contributed by atoms with E-state index in [0.29, 0.717) is 21.5 Å². The quantitative estimate of drug-likeness (QED) is 0.183. The predicted molar refractivity (Wildman–Crippen MR) is 28.7 cm³/mol. The molecule has 0 heterocycles. The summed E-state index contributed by atoms with van der Waals surface area (Å²) in [5.41, 5.74) is 0. The van der Waals surface area contributed by atoms with E-state index in [1.165, 1.54) is 10.8 Å². The predicted octanol–water partition coefficient (Wildman–Crippen LogP) is -2.21. The topological polar surface area (TPSA) is 12.0 Å². The molecule has 0 aromatic rings. The molecule has 0 fully saturated rings. The molecule has 0 aromatic heterocycles. The minimum absolute atomic E-state index is 0.300. The first kappa shape index (κ1) is 7.43. The molecule has 0 aromatic carbocycles. The molecule has 0 spiro atoms. The van der Waals surface area contributed by atoms with Gasteiger partial charge in [0.05, 0.1) is 0 Å². The maximum atomic E-state index is 3.62. The summed E-state index contributed by atoms with van der Waals surface area (Å²) < 4.78 is 4.48. The molecule has 0 amide bonds. The third-order valence-electron chi connectivity index (χ3n) is 0.541. The summed E-state index contributed by atoms with van der Waals surface area (Å²) in [6.07, 6.45) is 3.14. The molecule has 1 nitrogen and oxygen atoms in total. The van der Waals surface area contributed by atoms with E-state index in [0.717, 1.165) is 0 Å². The van der Waals surface area contributed by atoms with E-state index in [2.05, 4.69) is 10.1 Å². The van der Waals surface area contributed by atoms with Gasteiger partial charge < -0.3 is 0 Å². The van der Waals surface area contributed by atoms with E-state index in [4.69, 9.17) is 0 Å². The van der Waals surface area contributed by atoms with E-state index in [1.807, 2.05) is 13.1 Å². The molecule has 44 valence electrons. The van der Waals surface area contributed by atoms with Crippen LogP contribution in [-0.2, 0) is 0 Å². The molecule has 7 heavy (non-hydrogen) atoms. The van der Waals surface area contributed by atoms with Gasteiger partial charge in [0, 0.05) is 0 Å². The van der Waals surface area contributed by atoms with Crippen molar-refractivity contribution in [2.75, 3.05) is 11.5 Å². The number of halogens is 1. The summed E-state index contributed by atoms with van der Waals surface area (Å²) >= 11 is 0.300. The Morgan fingerprint density at radius 1 is 1.86 bits per heavy atom. The maximum absolute atomic E-state index is 3.62. The Labute approximate surface area is 55.8 Å². The van der Waals surface area contributed by atoms with Crippen LogP contribution in [0.4, 0.5) is 0 Å². The molecular weight excluding hydrogens is 201 g/mol. The van der Waals surface area contributed by atoms with Crippen LogP contribution in [0.1, 0.15) is 6.42 Å².